The predicted octanol–water partition coefficient (Wildman–Crippen LogP) is 3.05. The Balaban J connectivity index is 1.49. The molecule has 0 radical (unpaired) electrons. The van der Waals surface area contributed by atoms with Crippen molar-refractivity contribution < 1.29 is 9.59 Å². The van der Waals surface area contributed by atoms with Crippen LogP contribution < -0.4 is 5.32 Å². The van der Waals surface area contributed by atoms with E-state index in [0.29, 0.717) is 17.1 Å². The van der Waals surface area contributed by atoms with Gasteiger partial charge in [-0.3, -0.25) is 9.59 Å². The molecular weight excluding hydrogens is 316 g/mol. The standard InChI is InChI=1S/C19H18N4O2/c24-18(22-17-8-7-13-5-1-2-6-15(13)21-17)14-11-16(20-12-14)19(25)23-9-3-4-10-23/h1-2,5-8,11-12,20H,3-4,9-10H2,(H,21,22,24). The number of carbonyl (C=O) groups is 2. The Morgan fingerprint density at radius 1 is 1.08 bits per heavy atom. The van der Waals surface area contributed by atoms with E-state index in [1.54, 1.807) is 23.2 Å². The first-order valence-corrected chi connectivity index (χ1v) is 8.35. The van der Waals surface area contributed by atoms with E-state index < -0.39 is 0 Å². The van der Waals surface area contributed by atoms with Crippen LogP contribution in [0.15, 0.2) is 48.7 Å². The topological polar surface area (TPSA) is 78.1 Å². The maximum atomic E-state index is 12.4. The van der Waals surface area contributed by atoms with Crippen molar-refractivity contribution in [2.24, 2.45) is 0 Å². The first kappa shape index (κ1) is 15.4. The van der Waals surface area contributed by atoms with Gasteiger partial charge in [-0.25, -0.2) is 4.98 Å². The molecule has 126 valence electrons. The van der Waals surface area contributed by atoms with Crippen molar-refractivity contribution in [1.82, 2.24) is 14.9 Å². The van der Waals surface area contributed by atoms with E-state index in [1.807, 2.05) is 30.3 Å². The number of hydrogen-bond acceptors (Lipinski definition) is 3. The number of benzene rings is 1. The van der Waals surface area contributed by atoms with E-state index in [2.05, 4.69) is 15.3 Å². The van der Waals surface area contributed by atoms with Crippen molar-refractivity contribution in [1.29, 1.82) is 0 Å². The van der Waals surface area contributed by atoms with Gasteiger partial charge in [-0.15, -0.1) is 0 Å². The number of anilines is 1. The zero-order valence-corrected chi connectivity index (χ0v) is 13.7. The van der Waals surface area contributed by atoms with Crippen LogP contribution in [0.3, 0.4) is 0 Å². The summed E-state index contributed by atoms with van der Waals surface area (Å²) >= 11 is 0. The molecule has 2 N–H and O–H groups in total. The van der Waals surface area contributed by atoms with Crippen LogP contribution in [0.5, 0.6) is 0 Å². The fourth-order valence-corrected chi connectivity index (χ4v) is 3.06. The number of amides is 2. The van der Waals surface area contributed by atoms with Gasteiger partial charge in [0, 0.05) is 24.7 Å². The quantitative estimate of drug-likeness (QED) is 0.773. The van der Waals surface area contributed by atoms with Gasteiger partial charge in [0.15, 0.2) is 0 Å². The Hall–Kier alpha value is -3.15. The highest BCUT2D eigenvalue weighted by atomic mass is 16.2. The predicted molar refractivity (Wildman–Crippen MR) is 95.6 cm³/mol. The van der Waals surface area contributed by atoms with Crippen molar-refractivity contribution in [2.75, 3.05) is 18.4 Å². The number of aromatic nitrogens is 2. The van der Waals surface area contributed by atoms with Crippen molar-refractivity contribution in [3.63, 3.8) is 0 Å². The molecule has 1 aromatic carbocycles. The summed E-state index contributed by atoms with van der Waals surface area (Å²) in [4.78, 5) is 33.9. The zero-order chi connectivity index (χ0) is 17.2. The van der Waals surface area contributed by atoms with Crippen LogP contribution in [0.4, 0.5) is 5.82 Å². The lowest BCUT2D eigenvalue weighted by Gasteiger charge is -2.13. The highest BCUT2D eigenvalue weighted by Gasteiger charge is 2.21. The number of rotatable bonds is 3. The molecule has 6 heteroatoms. The molecule has 3 aromatic rings. The third-order valence-electron chi connectivity index (χ3n) is 4.41. The van der Waals surface area contributed by atoms with Crippen molar-refractivity contribution in [3.8, 4) is 0 Å². The van der Waals surface area contributed by atoms with Crippen LogP contribution in [0, 0.1) is 0 Å². The third kappa shape index (κ3) is 3.10. The maximum absolute atomic E-state index is 12.4. The summed E-state index contributed by atoms with van der Waals surface area (Å²) in [5, 5.41) is 3.79. The molecule has 0 unspecified atom stereocenters. The Morgan fingerprint density at radius 3 is 2.72 bits per heavy atom. The van der Waals surface area contributed by atoms with Crippen LogP contribution in [-0.2, 0) is 0 Å². The molecule has 2 aromatic heterocycles. The number of fused-ring (bicyclic) bond motifs is 1. The number of H-pyrrole nitrogens is 1. The minimum Gasteiger partial charge on any atom is -0.356 e. The normalized spacial score (nSPS) is 14.0. The number of pyridine rings is 1. The largest absolute Gasteiger partial charge is 0.356 e. The zero-order valence-electron chi connectivity index (χ0n) is 13.7. The first-order chi connectivity index (χ1) is 12.2. The lowest BCUT2D eigenvalue weighted by atomic mass is 10.2. The molecule has 0 saturated carbocycles. The van der Waals surface area contributed by atoms with Gasteiger partial charge in [-0.2, -0.15) is 0 Å². The number of hydrogen-bond donors (Lipinski definition) is 2. The molecule has 0 bridgehead atoms. The van der Waals surface area contributed by atoms with E-state index >= 15 is 0 Å². The summed E-state index contributed by atoms with van der Waals surface area (Å²) in [5.74, 6) is 0.136. The molecule has 1 saturated heterocycles. The van der Waals surface area contributed by atoms with Gasteiger partial charge in [-0.05, 0) is 37.1 Å². The molecule has 25 heavy (non-hydrogen) atoms. The molecule has 0 spiro atoms. The smallest absolute Gasteiger partial charge is 0.270 e. The monoisotopic (exact) mass is 334 g/mol. The number of nitrogens with one attached hydrogen (secondary N) is 2. The Kier molecular flexibility index (Phi) is 3.93. The van der Waals surface area contributed by atoms with Crippen LogP contribution >= 0.6 is 0 Å². The minimum atomic E-state index is -0.292. The molecule has 3 heterocycles. The lowest BCUT2D eigenvalue weighted by Crippen LogP contribution is -2.27. The maximum Gasteiger partial charge on any atom is 0.270 e. The summed E-state index contributed by atoms with van der Waals surface area (Å²) in [6.07, 6.45) is 3.63. The lowest BCUT2D eigenvalue weighted by molar-refractivity contribution is 0.0787. The van der Waals surface area contributed by atoms with Crippen molar-refractivity contribution >= 4 is 28.5 Å². The SMILES string of the molecule is O=C(Nc1ccc2ccccc2n1)c1c[nH]c(C(=O)N2CCCC2)c1. The molecule has 1 aliphatic heterocycles. The Morgan fingerprint density at radius 2 is 1.88 bits per heavy atom. The Labute approximate surface area is 144 Å². The van der Waals surface area contributed by atoms with E-state index in [-0.39, 0.29) is 11.8 Å². The molecule has 6 nitrogen and oxygen atoms in total. The number of aromatic amines is 1. The van der Waals surface area contributed by atoms with Gasteiger partial charge in [0.2, 0.25) is 0 Å². The van der Waals surface area contributed by atoms with E-state index in [9.17, 15) is 9.59 Å². The third-order valence-corrected chi connectivity index (χ3v) is 4.41. The van der Waals surface area contributed by atoms with Gasteiger partial charge in [0.25, 0.3) is 11.8 Å². The summed E-state index contributed by atoms with van der Waals surface area (Å²) in [6, 6.07) is 13.0. The van der Waals surface area contributed by atoms with Crippen molar-refractivity contribution in [3.05, 3.63) is 59.9 Å². The molecule has 1 fully saturated rings. The highest BCUT2D eigenvalue weighted by Crippen LogP contribution is 2.17. The second-order valence-electron chi connectivity index (χ2n) is 6.14. The fourth-order valence-electron chi connectivity index (χ4n) is 3.06. The second-order valence-corrected chi connectivity index (χ2v) is 6.14. The van der Waals surface area contributed by atoms with Gasteiger partial charge in [0.1, 0.15) is 11.5 Å². The molecule has 0 atom stereocenters. The second kappa shape index (κ2) is 6.39. The summed E-state index contributed by atoms with van der Waals surface area (Å²) in [7, 11) is 0. The average molecular weight is 334 g/mol. The van der Waals surface area contributed by atoms with Crippen molar-refractivity contribution in [2.45, 2.75) is 12.8 Å². The minimum absolute atomic E-state index is 0.0552. The van der Waals surface area contributed by atoms with Gasteiger partial charge in [0.05, 0.1) is 11.1 Å². The molecule has 1 aliphatic rings. The number of carbonyl (C=O) groups excluding carboxylic acids is 2. The summed E-state index contributed by atoms with van der Waals surface area (Å²) in [6.45, 7) is 1.56. The van der Waals surface area contributed by atoms with Crippen LogP contribution in [0.2, 0.25) is 0 Å². The molecule has 0 aliphatic carbocycles. The van der Waals surface area contributed by atoms with Gasteiger partial charge < -0.3 is 15.2 Å². The number of para-hydroxylation sites is 1. The van der Waals surface area contributed by atoms with E-state index in [4.69, 9.17) is 0 Å². The van der Waals surface area contributed by atoms with E-state index in [0.717, 1.165) is 36.8 Å². The Bertz CT molecular complexity index is 941. The fraction of sp³-hybridized carbons (Fsp3) is 0.211. The van der Waals surface area contributed by atoms with Crippen LogP contribution in [-0.4, -0.2) is 39.8 Å². The van der Waals surface area contributed by atoms with Crippen LogP contribution in [0.25, 0.3) is 10.9 Å². The van der Waals surface area contributed by atoms with E-state index in [1.165, 1.54) is 0 Å². The summed E-state index contributed by atoms with van der Waals surface area (Å²) in [5.41, 5.74) is 1.68. The average Bonchev–Trinajstić information content (AvgIpc) is 3.33. The van der Waals surface area contributed by atoms with Crippen LogP contribution in [0.1, 0.15) is 33.7 Å². The molecule has 2 amide bonds. The molecular formula is C19H18N4O2. The molecule has 4 rings (SSSR count). The highest BCUT2D eigenvalue weighted by molar-refractivity contribution is 6.06. The first-order valence-electron chi connectivity index (χ1n) is 8.35. The van der Waals surface area contributed by atoms with Gasteiger partial charge in [-0.1, -0.05) is 18.2 Å². The number of likely N-dealkylation sites (tertiary alicyclic amines) is 1. The number of nitrogens with zero attached hydrogens (tertiary/aromatic N) is 2. The van der Waals surface area contributed by atoms with Gasteiger partial charge >= 0.3 is 0 Å². The summed E-state index contributed by atoms with van der Waals surface area (Å²) < 4.78 is 0.